The first-order valence-corrected chi connectivity index (χ1v) is 10.6. The summed E-state index contributed by atoms with van der Waals surface area (Å²) in [6.45, 7) is 3.49. The van der Waals surface area contributed by atoms with Gasteiger partial charge in [-0.3, -0.25) is 9.59 Å². The van der Waals surface area contributed by atoms with Crippen molar-refractivity contribution in [3.8, 4) is 11.5 Å². The smallest absolute Gasteiger partial charge is 0.339 e. The van der Waals surface area contributed by atoms with E-state index in [9.17, 15) is 14.4 Å². The first-order chi connectivity index (χ1) is 14.8. The molecule has 8 nitrogen and oxygen atoms in total. The van der Waals surface area contributed by atoms with Gasteiger partial charge >= 0.3 is 11.6 Å². The zero-order valence-electron chi connectivity index (χ0n) is 18.1. The Hall–Kier alpha value is -3.03. The van der Waals surface area contributed by atoms with E-state index in [1.165, 1.54) is 7.11 Å². The van der Waals surface area contributed by atoms with Crippen LogP contribution in [-0.2, 0) is 33.6 Å². The Morgan fingerprint density at radius 1 is 1.13 bits per heavy atom. The second-order valence-corrected chi connectivity index (χ2v) is 8.61. The number of methoxy groups -OCH3 is 1. The number of hydrogen-bond acceptors (Lipinski definition) is 7. The third-order valence-corrected chi connectivity index (χ3v) is 5.90. The Morgan fingerprint density at radius 2 is 1.87 bits per heavy atom. The van der Waals surface area contributed by atoms with E-state index >= 15 is 0 Å². The SMILES string of the molecule is COC(=O)CNC(=O)COc1cc2c(c3oc(=O)c4c(c13)CCCC4)CCC(C)(C)O2. The molecule has 1 N–H and O–H groups in total. The number of benzene rings is 1. The number of ether oxygens (including phenoxy) is 3. The molecule has 2 aromatic rings. The second kappa shape index (κ2) is 8.24. The van der Waals surface area contributed by atoms with Gasteiger partial charge in [0.15, 0.2) is 6.61 Å². The van der Waals surface area contributed by atoms with Crippen LogP contribution in [-0.4, -0.2) is 37.7 Å². The third-order valence-electron chi connectivity index (χ3n) is 5.90. The number of nitrogens with one attached hydrogen (secondary N) is 1. The summed E-state index contributed by atoms with van der Waals surface area (Å²) in [7, 11) is 1.25. The third kappa shape index (κ3) is 4.24. The predicted octanol–water partition coefficient (Wildman–Crippen LogP) is 2.44. The van der Waals surface area contributed by atoms with Gasteiger partial charge in [-0.05, 0) is 57.9 Å². The maximum absolute atomic E-state index is 12.7. The van der Waals surface area contributed by atoms with Crippen LogP contribution in [0.2, 0.25) is 0 Å². The fourth-order valence-electron chi connectivity index (χ4n) is 4.27. The lowest BCUT2D eigenvalue weighted by Crippen LogP contribution is -2.34. The van der Waals surface area contributed by atoms with Gasteiger partial charge in [0.25, 0.3) is 5.91 Å². The average Bonchev–Trinajstić information content (AvgIpc) is 2.74. The Morgan fingerprint density at radius 3 is 2.61 bits per heavy atom. The molecule has 0 saturated carbocycles. The van der Waals surface area contributed by atoms with Crippen molar-refractivity contribution in [1.29, 1.82) is 0 Å². The van der Waals surface area contributed by atoms with Crippen molar-refractivity contribution in [2.75, 3.05) is 20.3 Å². The summed E-state index contributed by atoms with van der Waals surface area (Å²) < 4.78 is 22.3. The van der Waals surface area contributed by atoms with Gasteiger partial charge in [-0.15, -0.1) is 0 Å². The van der Waals surface area contributed by atoms with Crippen LogP contribution < -0.4 is 20.4 Å². The highest BCUT2D eigenvalue weighted by Crippen LogP contribution is 2.44. The van der Waals surface area contributed by atoms with Crippen molar-refractivity contribution in [2.45, 2.75) is 58.0 Å². The Kier molecular flexibility index (Phi) is 5.64. The molecule has 4 rings (SSSR count). The zero-order valence-corrected chi connectivity index (χ0v) is 18.1. The van der Waals surface area contributed by atoms with Crippen LogP contribution in [0.4, 0.5) is 0 Å². The quantitative estimate of drug-likeness (QED) is 0.575. The lowest BCUT2D eigenvalue weighted by atomic mass is 9.87. The van der Waals surface area contributed by atoms with Gasteiger partial charge in [-0.1, -0.05) is 0 Å². The monoisotopic (exact) mass is 429 g/mol. The Bertz CT molecular complexity index is 1100. The maximum atomic E-state index is 12.7. The van der Waals surface area contributed by atoms with E-state index in [1.807, 2.05) is 13.8 Å². The second-order valence-electron chi connectivity index (χ2n) is 8.61. The number of hydrogen-bond donors (Lipinski definition) is 1. The molecule has 0 fully saturated rings. The van der Waals surface area contributed by atoms with Crippen molar-refractivity contribution in [1.82, 2.24) is 5.32 Å². The first-order valence-electron chi connectivity index (χ1n) is 10.6. The first kappa shape index (κ1) is 21.2. The molecule has 0 atom stereocenters. The molecule has 0 radical (unpaired) electrons. The van der Waals surface area contributed by atoms with Gasteiger partial charge in [0.2, 0.25) is 0 Å². The molecule has 1 aromatic carbocycles. The number of carbonyl (C=O) groups is 2. The van der Waals surface area contributed by atoms with Crippen molar-refractivity contribution >= 4 is 22.8 Å². The summed E-state index contributed by atoms with van der Waals surface area (Å²) in [5.74, 6) is 0.0528. The molecule has 8 heteroatoms. The van der Waals surface area contributed by atoms with Gasteiger partial charge in [0, 0.05) is 17.2 Å². The van der Waals surface area contributed by atoms with Gasteiger partial charge in [-0.2, -0.15) is 0 Å². The topological polar surface area (TPSA) is 104 Å². The normalized spacial score (nSPS) is 16.6. The van der Waals surface area contributed by atoms with Crippen LogP contribution >= 0.6 is 0 Å². The average molecular weight is 429 g/mol. The largest absolute Gasteiger partial charge is 0.487 e. The molecule has 1 aromatic heterocycles. The summed E-state index contributed by atoms with van der Waals surface area (Å²) in [5, 5.41) is 3.20. The molecule has 2 aliphatic rings. The summed E-state index contributed by atoms with van der Waals surface area (Å²) in [6, 6.07) is 1.79. The van der Waals surface area contributed by atoms with Crippen molar-refractivity contribution in [3.63, 3.8) is 0 Å². The Labute approximate surface area is 179 Å². The number of fused-ring (bicyclic) bond motifs is 5. The molecule has 0 saturated heterocycles. The molecule has 0 unspecified atom stereocenters. The standard InChI is InChI=1S/C23H27NO7/c1-23(2)9-8-15-16(31-23)10-17(29-12-18(25)24-11-19(26)28-3)20-13-6-4-5-7-14(13)22(27)30-21(15)20/h10H,4-9,11-12H2,1-3H3,(H,24,25). The number of rotatable bonds is 5. The number of aryl methyl sites for hydroxylation is 2. The molecular weight excluding hydrogens is 402 g/mol. The number of carbonyl (C=O) groups excluding carboxylic acids is 2. The summed E-state index contributed by atoms with van der Waals surface area (Å²) in [6.07, 6.45) is 4.87. The van der Waals surface area contributed by atoms with Gasteiger partial charge in [0.05, 0.1) is 12.5 Å². The van der Waals surface area contributed by atoms with E-state index < -0.39 is 11.9 Å². The van der Waals surface area contributed by atoms with Crippen molar-refractivity contribution in [2.24, 2.45) is 0 Å². The molecule has 31 heavy (non-hydrogen) atoms. The van der Waals surface area contributed by atoms with Crippen LogP contribution in [0, 0.1) is 0 Å². The van der Waals surface area contributed by atoms with Crippen LogP contribution in [0.1, 0.15) is 49.8 Å². The van der Waals surface area contributed by atoms with Crippen LogP contribution in [0.5, 0.6) is 11.5 Å². The fraction of sp³-hybridized carbons (Fsp3) is 0.522. The fourth-order valence-corrected chi connectivity index (χ4v) is 4.27. The molecule has 0 bridgehead atoms. The highest BCUT2D eigenvalue weighted by molar-refractivity contribution is 5.93. The van der Waals surface area contributed by atoms with Gasteiger partial charge in [0.1, 0.15) is 29.2 Å². The number of amides is 1. The zero-order chi connectivity index (χ0) is 22.2. The molecular formula is C23H27NO7. The lowest BCUT2D eigenvalue weighted by Gasteiger charge is -2.33. The minimum Gasteiger partial charge on any atom is -0.487 e. The Balaban J connectivity index is 1.75. The summed E-state index contributed by atoms with van der Waals surface area (Å²) in [4.78, 5) is 36.1. The highest BCUT2D eigenvalue weighted by Gasteiger charge is 2.32. The molecule has 166 valence electrons. The molecule has 2 heterocycles. The molecule has 1 amide bonds. The van der Waals surface area contributed by atoms with E-state index in [2.05, 4.69) is 10.1 Å². The summed E-state index contributed by atoms with van der Waals surface area (Å²) in [5.41, 5.74) is 2.32. The van der Waals surface area contributed by atoms with E-state index in [0.717, 1.165) is 48.6 Å². The van der Waals surface area contributed by atoms with Gasteiger partial charge in [-0.25, -0.2) is 4.79 Å². The van der Waals surface area contributed by atoms with Crippen molar-refractivity contribution < 1.29 is 28.2 Å². The molecule has 1 aliphatic carbocycles. The van der Waals surface area contributed by atoms with E-state index in [-0.39, 0.29) is 24.4 Å². The molecule has 0 spiro atoms. The van der Waals surface area contributed by atoms with Crippen LogP contribution in [0.15, 0.2) is 15.3 Å². The molecule has 1 aliphatic heterocycles. The van der Waals surface area contributed by atoms with Crippen molar-refractivity contribution in [3.05, 3.63) is 33.2 Å². The van der Waals surface area contributed by atoms with Gasteiger partial charge < -0.3 is 23.9 Å². The van der Waals surface area contributed by atoms with E-state index in [4.69, 9.17) is 13.9 Å². The van der Waals surface area contributed by atoms with E-state index in [1.54, 1.807) is 6.07 Å². The van der Waals surface area contributed by atoms with Crippen LogP contribution in [0.3, 0.4) is 0 Å². The van der Waals surface area contributed by atoms with Crippen LogP contribution in [0.25, 0.3) is 11.0 Å². The van der Waals surface area contributed by atoms with E-state index in [0.29, 0.717) is 29.1 Å². The number of esters is 1. The summed E-state index contributed by atoms with van der Waals surface area (Å²) >= 11 is 0. The lowest BCUT2D eigenvalue weighted by molar-refractivity contribution is -0.141. The minimum absolute atomic E-state index is 0.231. The predicted molar refractivity (Wildman–Crippen MR) is 113 cm³/mol. The maximum Gasteiger partial charge on any atom is 0.339 e. The highest BCUT2D eigenvalue weighted by atomic mass is 16.5. The minimum atomic E-state index is -0.543.